The van der Waals surface area contributed by atoms with Crippen molar-refractivity contribution in [1.82, 2.24) is 0 Å². The molecule has 2 aromatic carbocycles. The van der Waals surface area contributed by atoms with E-state index in [1.807, 2.05) is 6.07 Å². The van der Waals surface area contributed by atoms with Crippen LogP contribution < -0.4 is 10.2 Å². The maximum absolute atomic E-state index is 13.9. The van der Waals surface area contributed by atoms with Crippen LogP contribution in [0, 0.1) is 28.9 Å². The summed E-state index contributed by atoms with van der Waals surface area (Å²) in [5.74, 6) is -3.40. The molecule has 0 spiro atoms. The number of para-hydroxylation sites is 1. The molecule has 1 saturated heterocycles. The Labute approximate surface area is 142 Å². The molecule has 1 N–H and O–H groups in total. The zero-order valence-electron chi connectivity index (χ0n) is 13.0. The molecule has 0 aliphatic carbocycles. The van der Waals surface area contributed by atoms with Gasteiger partial charge in [-0.3, -0.25) is 9.59 Å². The summed E-state index contributed by atoms with van der Waals surface area (Å²) < 4.78 is 27.7. The number of carbonyl (C=O) groups is 2. The normalized spacial score (nSPS) is 16.6. The molecule has 3 rings (SSSR count). The van der Waals surface area contributed by atoms with E-state index in [4.69, 9.17) is 5.26 Å². The van der Waals surface area contributed by atoms with Crippen LogP contribution in [0.5, 0.6) is 0 Å². The van der Waals surface area contributed by atoms with Crippen molar-refractivity contribution in [1.29, 1.82) is 5.26 Å². The van der Waals surface area contributed by atoms with Gasteiger partial charge in [-0.05, 0) is 30.3 Å². The number of nitriles is 1. The molecule has 1 atom stereocenters. The quantitative estimate of drug-likeness (QED) is 0.933. The number of halogens is 2. The van der Waals surface area contributed by atoms with Crippen LogP contribution in [0.4, 0.5) is 20.2 Å². The number of carbonyl (C=O) groups excluding carboxylic acids is 2. The minimum atomic E-state index is -0.851. The number of hydrogen-bond acceptors (Lipinski definition) is 3. The molecular weight excluding hydrogens is 328 g/mol. The lowest BCUT2D eigenvalue weighted by molar-refractivity contribution is -0.122. The summed E-state index contributed by atoms with van der Waals surface area (Å²) in [7, 11) is 0. The summed E-state index contributed by atoms with van der Waals surface area (Å²) in [5, 5.41) is 11.5. The van der Waals surface area contributed by atoms with Gasteiger partial charge in [-0.1, -0.05) is 12.1 Å². The van der Waals surface area contributed by atoms with Crippen molar-refractivity contribution < 1.29 is 18.4 Å². The average Bonchev–Trinajstić information content (AvgIpc) is 2.97. The van der Waals surface area contributed by atoms with Gasteiger partial charge in [0.15, 0.2) is 0 Å². The van der Waals surface area contributed by atoms with Gasteiger partial charge in [0.25, 0.3) is 0 Å². The van der Waals surface area contributed by atoms with E-state index in [0.717, 1.165) is 17.0 Å². The maximum Gasteiger partial charge on any atom is 0.229 e. The van der Waals surface area contributed by atoms with Gasteiger partial charge < -0.3 is 10.2 Å². The summed E-state index contributed by atoms with van der Waals surface area (Å²) in [4.78, 5) is 25.4. The summed E-state index contributed by atoms with van der Waals surface area (Å²) in [6.07, 6.45) is -0.141. The second-order valence-electron chi connectivity index (χ2n) is 5.66. The standard InChI is InChI=1S/C18H13F2N3O2/c19-14-5-2-6-15(20)17(14)23-10-12(8-16(23)24)18(25)22-13-4-1-3-11(7-13)9-21/h1-7,12H,8,10H2,(H,22,25). The van der Waals surface area contributed by atoms with E-state index in [9.17, 15) is 18.4 Å². The van der Waals surface area contributed by atoms with Gasteiger partial charge in [0.05, 0.1) is 17.6 Å². The van der Waals surface area contributed by atoms with Crippen molar-refractivity contribution in [3.05, 3.63) is 59.7 Å². The molecule has 1 aliphatic heterocycles. The van der Waals surface area contributed by atoms with E-state index in [2.05, 4.69) is 5.32 Å². The molecule has 5 nitrogen and oxygen atoms in total. The van der Waals surface area contributed by atoms with Gasteiger partial charge >= 0.3 is 0 Å². The molecule has 1 aliphatic rings. The molecule has 2 aromatic rings. The molecule has 25 heavy (non-hydrogen) atoms. The Kier molecular flexibility index (Phi) is 4.44. The van der Waals surface area contributed by atoms with E-state index in [1.165, 1.54) is 12.1 Å². The van der Waals surface area contributed by atoms with Gasteiger partial charge in [-0.2, -0.15) is 5.26 Å². The minimum Gasteiger partial charge on any atom is -0.326 e. The maximum atomic E-state index is 13.9. The molecule has 1 unspecified atom stereocenters. The number of rotatable bonds is 3. The lowest BCUT2D eigenvalue weighted by Gasteiger charge is -2.18. The molecule has 0 saturated carbocycles. The number of anilines is 2. The number of amides is 2. The summed E-state index contributed by atoms with van der Waals surface area (Å²) in [6.45, 7) is -0.111. The lowest BCUT2D eigenvalue weighted by Crippen LogP contribution is -2.29. The summed E-state index contributed by atoms with van der Waals surface area (Å²) in [6, 6.07) is 11.6. The van der Waals surface area contributed by atoms with E-state index in [-0.39, 0.29) is 13.0 Å². The first-order valence-corrected chi connectivity index (χ1v) is 7.55. The van der Waals surface area contributed by atoms with E-state index in [0.29, 0.717) is 11.3 Å². The van der Waals surface area contributed by atoms with Crippen LogP contribution in [-0.2, 0) is 9.59 Å². The van der Waals surface area contributed by atoms with Crippen LogP contribution in [0.15, 0.2) is 42.5 Å². The molecular formula is C18H13F2N3O2. The fraction of sp³-hybridized carbons (Fsp3) is 0.167. The van der Waals surface area contributed by atoms with Gasteiger partial charge in [0, 0.05) is 18.7 Å². The summed E-state index contributed by atoms with van der Waals surface area (Å²) in [5.41, 5.74) is 0.372. The Morgan fingerprint density at radius 1 is 1.20 bits per heavy atom. The Balaban J connectivity index is 1.76. The van der Waals surface area contributed by atoms with E-state index < -0.39 is 35.1 Å². The first-order chi connectivity index (χ1) is 12.0. The highest BCUT2D eigenvalue weighted by Crippen LogP contribution is 2.30. The zero-order valence-corrected chi connectivity index (χ0v) is 13.0. The van der Waals surface area contributed by atoms with Crippen molar-refractivity contribution in [2.45, 2.75) is 6.42 Å². The molecule has 0 radical (unpaired) electrons. The number of hydrogen-bond donors (Lipinski definition) is 1. The monoisotopic (exact) mass is 341 g/mol. The first kappa shape index (κ1) is 16.6. The van der Waals surface area contributed by atoms with Gasteiger partial charge in [-0.15, -0.1) is 0 Å². The SMILES string of the molecule is N#Cc1cccc(NC(=O)C2CC(=O)N(c3c(F)cccc3F)C2)c1. The highest BCUT2D eigenvalue weighted by atomic mass is 19.1. The van der Waals surface area contributed by atoms with Crippen LogP contribution in [0.1, 0.15) is 12.0 Å². The van der Waals surface area contributed by atoms with Crippen molar-refractivity contribution >= 4 is 23.2 Å². The molecule has 1 heterocycles. The number of benzene rings is 2. The average molecular weight is 341 g/mol. The van der Waals surface area contributed by atoms with E-state index in [1.54, 1.807) is 18.2 Å². The lowest BCUT2D eigenvalue weighted by atomic mass is 10.1. The third-order valence-corrected chi connectivity index (χ3v) is 3.96. The smallest absolute Gasteiger partial charge is 0.229 e. The Hall–Kier alpha value is -3.27. The van der Waals surface area contributed by atoms with Gasteiger partial charge in [-0.25, -0.2) is 8.78 Å². The number of nitrogens with zero attached hydrogens (tertiary/aromatic N) is 2. The van der Waals surface area contributed by atoms with E-state index >= 15 is 0 Å². The fourth-order valence-electron chi connectivity index (χ4n) is 2.76. The summed E-state index contributed by atoms with van der Waals surface area (Å²) >= 11 is 0. The number of nitrogens with one attached hydrogen (secondary N) is 1. The van der Waals surface area contributed by atoms with Crippen LogP contribution >= 0.6 is 0 Å². The van der Waals surface area contributed by atoms with Crippen molar-refractivity contribution in [2.24, 2.45) is 5.92 Å². The third-order valence-electron chi connectivity index (χ3n) is 3.96. The predicted molar refractivity (Wildman–Crippen MR) is 86.6 cm³/mol. The van der Waals surface area contributed by atoms with Crippen molar-refractivity contribution in [3.8, 4) is 6.07 Å². The second-order valence-corrected chi connectivity index (χ2v) is 5.66. The van der Waals surface area contributed by atoms with Crippen LogP contribution in [0.2, 0.25) is 0 Å². The van der Waals surface area contributed by atoms with Crippen molar-refractivity contribution in [3.63, 3.8) is 0 Å². The second kappa shape index (κ2) is 6.69. The molecule has 1 fully saturated rings. The largest absolute Gasteiger partial charge is 0.326 e. The van der Waals surface area contributed by atoms with Crippen LogP contribution in [-0.4, -0.2) is 18.4 Å². The fourth-order valence-corrected chi connectivity index (χ4v) is 2.76. The Morgan fingerprint density at radius 3 is 2.56 bits per heavy atom. The molecule has 2 amide bonds. The minimum absolute atomic E-state index is 0.111. The highest BCUT2D eigenvalue weighted by molar-refractivity contribution is 6.03. The van der Waals surface area contributed by atoms with Crippen LogP contribution in [0.3, 0.4) is 0 Å². The first-order valence-electron chi connectivity index (χ1n) is 7.55. The predicted octanol–water partition coefficient (Wildman–Crippen LogP) is 2.83. The van der Waals surface area contributed by atoms with Gasteiger partial charge in [0.2, 0.25) is 11.8 Å². The molecule has 7 heteroatoms. The topological polar surface area (TPSA) is 73.2 Å². The molecule has 0 aromatic heterocycles. The molecule has 126 valence electrons. The Bertz CT molecular complexity index is 872. The van der Waals surface area contributed by atoms with Crippen molar-refractivity contribution in [2.75, 3.05) is 16.8 Å². The highest BCUT2D eigenvalue weighted by Gasteiger charge is 2.37. The van der Waals surface area contributed by atoms with Crippen LogP contribution in [0.25, 0.3) is 0 Å². The Morgan fingerprint density at radius 2 is 1.88 bits per heavy atom. The van der Waals surface area contributed by atoms with Gasteiger partial charge in [0.1, 0.15) is 17.3 Å². The molecule has 0 bridgehead atoms. The third kappa shape index (κ3) is 3.33. The zero-order chi connectivity index (χ0) is 18.0.